The average Bonchev–Trinajstić information content (AvgIpc) is 1.80. The van der Waals surface area contributed by atoms with E-state index in [1.807, 2.05) is 0 Å². The Morgan fingerprint density at radius 1 is 1.33 bits per heavy atom. The standard InChI is InChI=1S/C7H12N2/c1-5-3-7(8)9-4-6(5)2/h3-4H2,1-2H3,(H2,8,9). The van der Waals surface area contributed by atoms with Gasteiger partial charge in [0.05, 0.1) is 12.4 Å². The van der Waals surface area contributed by atoms with E-state index in [1.54, 1.807) is 0 Å². The van der Waals surface area contributed by atoms with E-state index in [0.717, 1.165) is 18.8 Å². The fourth-order valence-electron chi connectivity index (χ4n) is 0.834. The third-order valence-electron chi connectivity index (χ3n) is 1.69. The number of hydrogen-bond donors (Lipinski definition) is 1. The minimum absolute atomic E-state index is 0.776. The minimum Gasteiger partial charge on any atom is -0.387 e. The molecule has 1 aliphatic rings. The van der Waals surface area contributed by atoms with E-state index < -0.39 is 0 Å². The van der Waals surface area contributed by atoms with Gasteiger partial charge in [0.25, 0.3) is 0 Å². The summed E-state index contributed by atoms with van der Waals surface area (Å²) in [5.74, 6) is 0.776. The molecule has 0 atom stereocenters. The van der Waals surface area contributed by atoms with Crippen molar-refractivity contribution in [2.45, 2.75) is 20.3 Å². The zero-order valence-corrected chi connectivity index (χ0v) is 5.94. The normalized spacial score (nSPS) is 20.0. The predicted octanol–water partition coefficient (Wildman–Crippen LogP) is 1.08. The van der Waals surface area contributed by atoms with Crippen molar-refractivity contribution in [1.29, 1.82) is 0 Å². The van der Waals surface area contributed by atoms with Crippen LogP contribution >= 0.6 is 0 Å². The summed E-state index contributed by atoms with van der Waals surface area (Å²) in [6, 6.07) is 0. The van der Waals surface area contributed by atoms with Gasteiger partial charge >= 0.3 is 0 Å². The maximum atomic E-state index is 5.50. The van der Waals surface area contributed by atoms with Gasteiger partial charge in [0.1, 0.15) is 0 Å². The fraction of sp³-hybridized carbons (Fsp3) is 0.571. The first-order chi connectivity index (χ1) is 4.20. The van der Waals surface area contributed by atoms with E-state index >= 15 is 0 Å². The molecule has 1 rings (SSSR count). The quantitative estimate of drug-likeness (QED) is 0.482. The monoisotopic (exact) mass is 124 g/mol. The van der Waals surface area contributed by atoms with Crippen molar-refractivity contribution in [1.82, 2.24) is 0 Å². The molecule has 1 aliphatic heterocycles. The van der Waals surface area contributed by atoms with Crippen LogP contribution in [0.2, 0.25) is 0 Å². The first kappa shape index (κ1) is 6.33. The van der Waals surface area contributed by atoms with Crippen molar-refractivity contribution in [3.8, 4) is 0 Å². The van der Waals surface area contributed by atoms with Gasteiger partial charge in [-0.15, -0.1) is 0 Å². The largest absolute Gasteiger partial charge is 0.387 e. The number of amidine groups is 1. The summed E-state index contributed by atoms with van der Waals surface area (Å²) in [4.78, 5) is 4.10. The molecule has 2 N–H and O–H groups in total. The smallest absolute Gasteiger partial charge is 0.0982 e. The van der Waals surface area contributed by atoms with E-state index in [1.165, 1.54) is 11.1 Å². The van der Waals surface area contributed by atoms with Crippen LogP contribution in [0.15, 0.2) is 16.1 Å². The van der Waals surface area contributed by atoms with Gasteiger partial charge in [-0.2, -0.15) is 0 Å². The summed E-state index contributed by atoms with van der Waals surface area (Å²) in [6.07, 6.45) is 0.867. The van der Waals surface area contributed by atoms with Gasteiger partial charge in [-0.3, -0.25) is 4.99 Å². The molecule has 0 spiro atoms. The van der Waals surface area contributed by atoms with Gasteiger partial charge < -0.3 is 5.73 Å². The first-order valence-corrected chi connectivity index (χ1v) is 3.14. The molecular weight excluding hydrogens is 112 g/mol. The molecule has 0 aromatic rings. The molecule has 50 valence electrons. The number of nitrogens with zero attached hydrogens (tertiary/aromatic N) is 1. The highest BCUT2D eigenvalue weighted by Crippen LogP contribution is 2.12. The molecule has 2 nitrogen and oxygen atoms in total. The lowest BCUT2D eigenvalue weighted by atomic mass is 10.1. The van der Waals surface area contributed by atoms with Crippen LogP contribution in [-0.4, -0.2) is 12.4 Å². The molecule has 2 heteroatoms. The van der Waals surface area contributed by atoms with Gasteiger partial charge in [-0.1, -0.05) is 11.1 Å². The molecule has 0 aromatic heterocycles. The van der Waals surface area contributed by atoms with Crippen LogP contribution in [-0.2, 0) is 0 Å². The molecule has 0 aromatic carbocycles. The Bertz CT molecular complexity index is 177. The molecule has 0 radical (unpaired) electrons. The van der Waals surface area contributed by atoms with Gasteiger partial charge in [0.2, 0.25) is 0 Å². The summed E-state index contributed by atoms with van der Waals surface area (Å²) in [5, 5.41) is 0. The van der Waals surface area contributed by atoms with Crippen LogP contribution in [0.4, 0.5) is 0 Å². The lowest BCUT2D eigenvalue weighted by Crippen LogP contribution is -2.17. The Balaban J connectivity index is 2.70. The van der Waals surface area contributed by atoms with Gasteiger partial charge in [0.15, 0.2) is 0 Å². The SMILES string of the molecule is CC1=C(C)CC(N)=NC1. The molecule has 0 aliphatic carbocycles. The van der Waals surface area contributed by atoms with Gasteiger partial charge in [-0.05, 0) is 13.8 Å². The molecular formula is C7H12N2. The third kappa shape index (κ3) is 1.31. The van der Waals surface area contributed by atoms with Gasteiger partial charge in [0, 0.05) is 6.42 Å². The second-order valence-corrected chi connectivity index (χ2v) is 2.55. The number of nitrogens with two attached hydrogens (primary N) is 1. The zero-order valence-electron chi connectivity index (χ0n) is 5.94. The average molecular weight is 124 g/mol. The van der Waals surface area contributed by atoms with Crippen LogP contribution in [0, 0.1) is 0 Å². The van der Waals surface area contributed by atoms with E-state index in [-0.39, 0.29) is 0 Å². The molecule has 9 heavy (non-hydrogen) atoms. The number of aliphatic imine (C=N–C) groups is 1. The van der Waals surface area contributed by atoms with Crippen LogP contribution in [0.25, 0.3) is 0 Å². The Morgan fingerprint density at radius 2 is 2.00 bits per heavy atom. The van der Waals surface area contributed by atoms with Crippen LogP contribution in [0.5, 0.6) is 0 Å². The van der Waals surface area contributed by atoms with Crippen molar-refractivity contribution < 1.29 is 0 Å². The van der Waals surface area contributed by atoms with Crippen molar-refractivity contribution in [3.05, 3.63) is 11.1 Å². The van der Waals surface area contributed by atoms with Crippen molar-refractivity contribution in [2.75, 3.05) is 6.54 Å². The molecule has 0 bridgehead atoms. The highest BCUT2D eigenvalue weighted by Gasteiger charge is 2.04. The lowest BCUT2D eigenvalue weighted by molar-refractivity contribution is 1.00. The summed E-state index contributed by atoms with van der Waals surface area (Å²) in [5.41, 5.74) is 8.25. The number of rotatable bonds is 0. The predicted molar refractivity (Wildman–Crippen MR) is 39.5 cm³/mol. The molecule has 0 saturated heterocycles. The summed E-state index contributed by atoms with van der Waals surface area (Å²) in [6.45, 7) is 5.01. The maximum absolute atomic E-state index is 5.50. The van der Waals surface area contributed by atoms with Crippen LogP contribution in [0.3, 0.4) is 0 Å². The van der Waals surface area contributed by atoms with Crippen LogP contribution < -0.4 is 5.73 Å². The minimum atomic E-state index is 0.776. The van der Waals surface area contributed by atoms with E-state index in [9.17, 15) is 0 Å². The van der Waals surface area contributed by atoms with Crippen molar-refractivity contribution >= 4 is 5.84 Å². The highest BCUT2D eigenvalue weighted by atomic mass is 14.9. The second kappa shape index (κ2) is 2.21. The van der Waals surface area contributed by atoms with E-state index in [2.05, 4.69) is 18.8 Å². The Labute approximate surface area is 55.5 Å². The molecule has 0 amide bonds. The molecule has 0 fully saturated rings. The summed E-state index contributed by atoms with van der Waals surface area (Å²) < 4.78 is 0. The third-order valence-corrected chi connectivity index (χ3v) is 1.69. The Morgan fingerprint density at radius 3 is 2.44 bits per heavy atom. The van der Waals surface area contributed by atoms with Crippen molar-refractivity contribution in [2.24, 2.45) is 10.7 Å². The lowest BCUT2D eigenvalue weighted by Gasteiger charge is -2.11. The second-order valence-electron chi connectivity index (χ2n) is 2.55. The maximum Gasteiger partial charge on any atom is 0.0982 e. The van der Waals surface area contributed by atoms with E-state index in [0.29, 0.717) is 0 Å². The van der Waals surface area contributed by atoms with Crippen molar-refractivity contribution in [3.63, 3.8) is 0 Å². The topological polar surface area (TPSA) is 38.4 Å². The van der Waals surface area contributed by atoms with Gasteiger partial charge in [-0.25, -0.2) is 0 Å². The highest BCUT2D eigenvalue weighted by molar-refractivity contribution is 5.83. The molecule has 0 saturated carbocycles. The summed E-state index contributed by atoms with van der Waals surface area (Å²) >= 11 is 0. The van der Waals surface area contributed by atoms with Crippen LogP contribution in [0.1, 0.15) is 20.3 Å². The fourth-order valence-corrected chi connectivity index (χ4v) is 0.834. The summed E-state index contributed by atoms with van der Waals surface area (Å²) in [7, 11) is 0. The molecule has 0 unspecified atom stereocenters. The Kier molecular flexibility index (Phi) is 1.56. The first-order valence-electron chi connectivity index (χ1n) is 3.14. The number of dihydropyridines is 1. The Hall–Kier alpha value is -0.790. The number of hydrogen-bond acceptors (Lipinski definition) is 2. The molecule has 1 heterocycles. The van der Waals surface area contributed by atoms with E-state index in [4.69, 9.17) is 5.73 Å². The zero-order chi connectivity index (χ0) is 6.85.